The number of benzene rings is 3. The highest BCUT2D eigenvalue weighted by molar-refractivity contribution is 6.08. The zero-order chi connectivity index (χ0) is 30.9. The van der Waals surface area contributed by atoms with E-state index in [4.69, 9.17) is 23.7 Å². The summed E-state index contributed by atoms with van der Waals surface area (Å²) >= 11 is 0. The molecule has 1 aliphatic rings. The Bertz CT molecular complexity index is 1460. The monoisotopic (exact) mass is 586 g/mol. The van der Waals surface area contributed by atoms with Crippen molar-refractivity contribution in [2.45, 2.75) is 26.3 Å². The van der Waals surface area contributed by atoms with E-state index in [2.05, 4.69) is 23.2 Å². The maximum atomic E-state index is 13.1. The molecule has 4 rings (SSSR count). The predicted molar refractivity (Wildman–Crippen MR) is 171 cm³/mol. The Labute approximate surface area is 254 Å². The Balaban J connectivity index is 1.66. The molecule has 0 saturated carbocycles. The molecular formula is C35H42N2O6. The molecule has 0 aromatic heterocycles. The fourth-order valence-electron chi connectivity index (χ4n) is 5.09. The molecule has 1 atom stereocenters. The van der Waals surface area contributed by atoms with Crippen LogP contribution in [0.5, 0.6) is 28.7 Å². The average Bonchev–Trinajstić information content (AvgIpc) is 3.28. The van der Waals surface area contributed by atoms with Gasteiger partial charge in [0.15, 0.2) is 11.5 Å². The van der Waals surface area contributed by atoms with Crippen LogP contribution in [0.15, 0.2) is 66.2 Å². The SMILES string of the molecule is CCN(C)CC(COC(=O)CC1=C(C)/C(=C/c2cc(OC)c(Oc3ccccc3)c(OC)c2)c2ccc(OC)cc21)NC. The fourth-order valence-corrected chi connectivity index (χ4v) is 5.09. The third kappa shape index (κ3) is 7.58. The number of allylic oxidation sites excluding steroid dienone is 2. The van der Waals surface area contributed by atoms with E-state index in [1.807, 2.05) is 81.7 Å². The maximum Gasteiger partial charge on any atom is 0.310 e. The van der Waals surface area contributed by atoms with Crippen LogP contribution >= 0.6 is 0 Å². The molecule has 43 heavy (non-hydrogen) atoms. The molecule has 3 aromatic rings. The summed E-state index contributed by atoms with van der Waals surface area (Å²) in [6, 6.07) is 19.3. The number of hydrogen-bond acceptors (Lipinski definition) is 8. The van der Waals surface area contributed by atoms with Gasteiger partial charge in [-0.15, -0.1) is 0 Å². The van der Waals surface area contributed by atoms with Crippen LogP contribution in [0.3, 0.4) is 0 Å². The van der Waals surface area contributed by atoms with Crippen LogP contribution in [-0.4, -0.2) is 72.0 Å². The van der Waals surface area contributed by atoms with Crippen molar-refractivity contribution in [3.63, 3.8) is 0 Å². The Morgan fingerprint density at radius 1 is 0.930 bits per heavy atom. The van der Waals surface area contributed by atoms with Crippen molar-refractivity contribution in [1.29, 1.82) is 0 Å². The predicted octanol–water partition coefficient (Wildman–Crippen LogP) is 6.31. The molecule has 1 N–H and O–H groups in total. The van der Waals surface area contributed by atoms with Gasteiger partial charge in [0.2, 0.25) is 5.75 Å². The summed E-state index contributed by atoms with van der Waals surface area (Å²) in [5, 5.41) is 3.24. The quantitative estimate of drug-likeness (QED) is 0.220. The Hall–Kier alpha value is -4.27. The van der Waals surface area contributed by atoms with Gasteiger partial charge >= 0.3 is 5.97 Å². The summed E-state index contributed by atoms with van der Waals surface area (Å²) in [5.41, 5.74) is 5.75. The second-order valence-corrected chi connectivity index (χ2v) is 10.4. The number of esters is 1. The number of fused-ring (bicyclic) bond motifs is 1. The lowest BCUT2D eigenvalue weighted by Gasteiger charge is -2.22. The van der Waals surface area contributed by atoms with Gasteiger partial charge in [0, 0.05) is 6.54 Å². The molecule has 0 heterocycles. The van der Waals surface area contributed by atoms with Gasteiger partial charge in [-0.25, -0.2) is 0 Å². The first-order valence-electron chi connectivity index (χ1n) is 14.4. The summed E-state index contributed by atoms with van der Waals surface area (Å²) in [4.78, 5) is 15.3. The minimum absolute atomic E-state index is 0.0502. The number of methoxy groups -OCH3 is 3. The highest BCUT2D eigenvalue weighted by Crippen LogP contribution is 2.47. The van der Waals surface area contributed by atoms with Gasteiger partial charge in [-0.05, 0) is 103 Å². The van der Waals surface area contributed by atoms with E-state index < -0.39 is 0 Å². The molecule has 0 radical (unpaired) electrons. The number of nitrogens with zero attached hydrogens (tertiary/aromatic N) is 1. The van der Waals surface area contributed by atoms with E-state index >= 15 is 0 Å². The second kappa shape index (κ2) is 14.8. The van der Waals surface area contributed by atoms with E-state index in [1.165, 1.54) is 0 Å². The van der Waals surface area contributed by atoms with Gasteiger partial charge in [-0.2, -0.15) is 0 Å². The first-order chi connectivity index (χ1) is 20.8. The summed E-state index contributed by atoms with van der Waals surface area (Å²) < 4.78 is 28.8. The number of rotatable bonds is 14. The normalized spacial score (nSPS) is 14.1. The van der Waals surface area contributed by atoms with Gasteiger partial charge in [-0.3, -0.25) is 4.79 Å². The van der Waals surface area contributed by atoms with Crippen LogP contribution in [0.25, 0.3) is 17.2 Å². The minimum atomic E-state index is -0.269. The van der Waals surface area contributed by atoms with Gasteiger partial charge in [0.05, 0.1) is 33.8 Å². The number of carbonyl (C=O) groups is 1. The van der Waals surface area contributed by atoms with Crippen molar-refractivity contribution >= 4 is 23.2 Å². The standard InChI is InChI=1S/C35H42N2O6/c1-8-37(4)21-25(36-3)22-42-34(38)20-30-23(2)29(28-15-14-27(39-5)19-31(28)30)16-24-17-32(40-6)35(33(18-24)41-7)43-26-12-10-9-11-13-26/h9-19,25,36H,8,20-22H2,1-7H3/b29-16-. The van der Waals surface area contributed by atoms with Crippen LogP contribution in [-0.2, 0) is 9.53 Å². The third-order valence-electron chi connectivity index (χ3n) is 7.70. The molecule has 1 aliphatic carbocycles. The molecule has 0 saturated heterocycles. The van der Waals surface area contributed by atoms with Crippen LogP contribution < -0.4 is 24.3 Å². The van der Waals surface area contributed by atoms with Crippen molar-refractivity contribution in [3.05, 3.63) is 82.9 Å². The van der Waals surface area contributed by atoms with Crippen molar-refractivity contribution in [2.24, 2.45) is 0 Å². The number of nitrogens with one attached hydrogen (secondary N) is 1. The largest absolute Gasteiger partial charge is 0.497 e. The zero-order valence-electron chi connectivity index (χ0n) is 26.2. The molecule has 0 aliphatic heterocycles. The molecule has 3 aromatic carbocycles. The molecule has 0 amide bonds. The van der Waals surface area contributed by atoms with Crippen molar-refractivity contribution in [3.8, 4) is 28.7 Å². The molecule has 228 valence electrons. The number of ether oxygens (including phenoxy) is 5. The first kappa shape index (κ1) is 31.7. The lowest BCUT2D eigenvalue weighted by atomic mass is 10.00. The van der Waals surface area contributed by atoms with E-state index in [0.29, 0.717) is 29.6 Å². The topological polar surface area (TPSA) is 78.5 Å². The fraction of sp³-hybridized carbons (Fsp3) is 0.343. The first-order valence-corrected chi connectivity index (χ1v) is 14.4. The summed E-state index contributed by atoms with van der Waals surface area (Å²) in [6.45, 7) is 6.15. The van der Waals surface area contributed by atoms with Crippen molar-refractivity contribution < 1.29 is 28.5 Å². The molecule has 0 spiro atoms. The zero-order valence-corrected chi connectivity index (χ0v) is 26.2. The summed E-state index contributed by atoms with van der Waals surface area (Å²) in [5.74, 6) is 2.72. The molecule has 0 fully saturated rings. The highest BCUT2D eigenvalue weighted by atomic mass is 16.5. The smallest absolute Gasteiger partial charge is 0.310 e. The molecule has 1 unspecified atom stereocenters. The maximum absolute atomic E-state index is 13.1. The molecular weight excluding hydrogens is 544 g/mol. The average molecular weight is 587 g/mol. The number of carbonyl (C=O) groups excluding carboxylic acids is 1. The van der Waals surface area contributed by atoms with E-state index in [9.17, 15) is 4.79 Å². The highest BCUT2D eigenvalue weighted by Gasteiger charge is 2.27. The van der Waals surface area contributed by atoms with Crippen LogP contribution in [0.4, 0.5) is 0 Å². The van der Waals surface area contributed by atoms with E-state index in [-0.39, 0.29) is 18.4 Å². The number of hydrogen-bond donors (Lipinski definition) is 1. The lowest BCUT2D eigenvalue weighted by Crippen LogP contribution is -2.41. The van der Waals surface area contributed by atoms with Gasteiger partial charge in [0.1, 0.15) is 18.1 Å². The van der Waals surface area contributed by atoms with Crippen LogP contribution in [0.1, 0.15) is 37.0 Å². The number of likely N-dealkylation sites (N-methyl/N-ethyl adjacent to an activating group) is 2. The van der Waals surface area contributed by atoms with Crippen molar-refractivity contribution in [2.75, 3.05) is 55.1 Å². The van der Waals surface area contributed by atoms with Gasteiger partial charge in [0.25, 0.3) is 0 Å². The van der Waals surface area contributed by atoms with Crippen LogP contribution in [0, 0.1) is 0 Å². The summed E-state index contributed by atoms with van der Waals surface area (Å²) in [7, 11) is 8.78. The molecule has 0 bridgehead atoms. The Morgan fingerprint density at radius 3 is 2.23 bits per heavy atom. The van der Waals surface area contributed by atoms with E-state index in [0.717, 1.165) is 52.2 Å². The lowest BCUT2D eigenvalue weighted by molar-refractivity contribution is -0.143. The van der Waals surface area contributed by atoms with Crippen molar-refractivity contribution in [1.82, 2.24) is 10.2 Å². The third-order valence-corrected chi connectivity index (χ3v) is 7.70. The van der Waals surface area contributed by atoms with Gasteiger partial charge in [-0.1, -0.05) is 31.2 Å². The summed E-state index contributed by atoms with van der Waals surface area (Å²) in [6.07, 6.45) is 2.23. The Morgan fingerprint density at radius 2 is 1.63 bits per heavy atom. The van der Waals surface area contributed by atoms with E-state index in [1.54, 1.807) is 21.3 Å². The molecule has 8 nitrogen and oxygen atoms in total. The Kier molecular flexibility index (Phi) is 10.9. The van der Waals surface area contributed by atoms with Gasteiger partial charge < -0.3 is 33.9 Å². The number of para-hydroxylation sites is 1. The molecule has 8 heteroatoms. The minimum Gasteiger partial charge on any atom is -0.497 e. The van der Waals surface area contributed by atoms with Crippen LogP contribution in [0.2, 0.25) is 0 Å². The second-order valence-electron chi connectivity index (χ2n) is 10.4.